The molecule has 2 aromatic rings. The van der Waals surface area contributed by atoms with Crippen LogP contribution >= 0.6 is 0 Å². The summed E-state index contributed by atoms with van der Waals surface area (Å²) in [6.45, 7) is 9.28. The summed E-state index contributed by atoms with van der Waals surface area (Å²) in [6, 6.07) is 3.03. The van der Waals surface area contributed by atoms with Gasteiger partial charge in [-0.15, -0.1) is 0 Å². The monoisotopic (exact) mass is 872 g/mol. The number of likely N-dealkylation sites (N-methyl/N-ethyl adjacent to an activating group) is 1. The first-order valence-corrected chi connectivity index (χ1v) is 22.7. The van der Waals surface area contributed by atoms with Crippen LogP contribution in [0.4, 0.5) is 19.3 Å². The molecular formula is C43H58F2N6O9S. The molecule has 3 N–H and O–H groups in total. The molecule has 7 atom stereocenters. The molecule has 334 valence electrons. The molecule has 7 rings (SSSR count). The molecule has 1 aromatic carbocycles. The van der Waals surface area contributed by atoms with Gasteiger partial charge < -0.3 is 34.6 Å². The fourth-order valence-electron chi connectivity index (χ4n) is 8.59. The number of rotatable bonds is 9. The van der Waals surface area contributed by atoms with Gasteiger partial charge in [0.25, 0.3) is 11.8 Å². The number of fused-ring (bicyclic) bond motifs is 5. The molecule has 2 saturated carbocycles. The number of anilines is 1. The topological polar surface area (TPSA) is 186 Å². The van der Waals surface area contributed by atoms with Crippen molar-refractivity contribution >= 4 is 50.3 Å². The van der Waals surface area contributed by atoms with E-state index in [1.54, 1.807) is 13.1 Å². The molecule has 2 aliphatic carbocycles. The number of alkyl halides is 2. The van der Waals surface area contributed by atoms with Gasteiger partial charge in [0.05, 0.1) is 23.5 Å². The normalized spacial score (nSPS) is 29.7. The van der Waals surface area contributed by atoms with Crippen LogP contribution in [0.15, 0.2) is 36.5 Å². The van der Waals surface area contributed by atoms with Gasteiger partial charge in [0.15, 0.2) is 11.4 Å². The van der Waals surface area contributed by atoms with Crippen molar-refractivity contribution in [2.24, 2.45) is 17.8 Å². The summed E-state index contributed by atoms with van der Waals surface area (Å²) in [5.74, 6) is -5.74. The summed E-state index contributed by atoms with van der Waals surface area (Å²) in [4.78, 5) is 65.1. The van der Waals surface area contributed by atoms with Crippen LogP contribution in [-0.2, 0) is 29.1 Å². The molecule has 0 radical (unpaired) electrons. The Balaban J connectivity index is 1.24. The van der Waals surface area contributed by atoms with E-state index in [4.69, 9.17) is 14.2 Å². The van der Waals surface area contributed by atoms with Gasteiger partial charge in [-0.3, -0.25) is 19.1 Å². The fourth-order valence-corrected chi connectivity index (χ4v) is 9.90. The van der Waals surface area contributed by atoms with Crippen LogP contribution in [0.2, 0.25) is 0 Å². The van der Waals surface area contributed by atoms with E-state index in [2.05, 4.69) is 25.2 Å². The van der Waals surface area contributed by atoms with E-state index in [-0.39, 0.29) is 31.2 Å². The van der Waals surface area contributed by atoms with Crippen LogP contribution in [0, 0.1) is 17.8 Å². The Kier molecular flexibility index (Phi) is 11.8. The number of hydrogen-bond donors (Lipinski definition) is 3. The van der Waals surface area contributed by atoms with E-state index in [1.807, 2.05) is 51.2 Å². The maximum absolute atomic E-state index is 15.1. The Morgan fingerprint density at radius 1 is 1.11 bits per heavy atom. The first-order chi connectivity index (χ1) is 28.6. The number of alkyl carbamates (subject to hydrolysis) is 1. The number of aromatic nitrogens is 1. The van der Waals surface area contributed by atoms with E-state index >= 15 is 4.79 Å². The minimum atomic E-state index is -4.06. The molecule has 4 amide bonds. The number of sulfonamides is 1. The molecule has 0 bridgehead atoms. The van der Waals surface area contributed by atoms with Gasteiger partial charge in [-0.25, -0.2) is 27.0 Å². The van der Waals surface area contributed by atoms with Crippen molar-refractivity contribution in [2.45, 2.75) is 133 Å². The summed E-state index contributed by atoms with van der Waals surface area (Å²) in [6.07, 6.45) is 6.29. The molecule has 1 aromatic heterocycles. The zero-order chi connectivity index (χ0) is 44.3. The van der Waals surface area contributed by atoms with Gasteiger partial charge in [-0.05, 0) is 89.3 Å². The lowest BCUT2D eigenvalue weighted by atomic mass is 9.85. The number of amides is 4. The number of nitrogens with one attached hydrogen (secondary N) is 3. The first kappa shape index (κ1) is 44.3. The Morgan fingerprint density at radius 2 is 1.85 bits per heavy atom. The number of hydrogen-bond acceptors (Lipinski definition) is 11. The zero-order valence-corrected chi connectivity index (χ0v) is 36.7. The smallest absolute Gasteiger partial charge is 0.408 e. The molecular weight excluding hydrogens is 815 g/mol. The highest BCUT2D eigenvalue weighted by Crippen LogP contribution is 2.48. The van der Waals surface area contributed by atoms with Crippen LogP contribution in [0.25, 0.3) is 10.8 Å². The van der Waals surface area contributed by atoms with Crippen LogP contribution in [0.3, 0.4) is 0 Å². The van der Waals surface area contributed by atoms with Crippen molar-refractivity contribution in [1.29, 1.82) is 0 Å². The van der Waals surface area contributed by atoms with Crippen molar-refractivity contribution in [3.8, 4) is 11.6 Å². The van der Waals surface area contributed by atoms with Crippen molar-refractivity contribution in [3.05, 3.63) is 36.5 Å². The molecule has 4 heterocycles. The molecule has 5 aliphatic rings. The molecule has 0 unspecified atom stereocenters. The van der Waals surface area contributed by atoms with Gasteiger partial charge in [0.2, 0.25) is 27.7 Å². The maximum Gasteiger partial charge on any atom is 0.408 e. The highest BCUT2D eigenvalue weighted by molar-refractivity contribution is 7.91. The number of nitrogens with zero attached hydrogens (tertiary/aromatic N) is 3. The van der Waals surface area contributed by atoms with Crippen molar-refractivity contribution in [2.75, 3.05) is 31.6 Å². The third-order valence-corrected chi connectivity index (χ3v) is 15.6. The Morgan fingerprint density at radius 3 is 2.54 bits per heavy atom. The summed E-state index contributed by atoms with van der Waals surface area (Å²) >= 11 is 0. The standard InChI is InChI=1S/C43H58F2N6O9S/c1-8-26-21-25(2)11-9-10-12-27-23-43(27,38(54)49-61(56,57)41(5)16-17-41)48-35(52)32-22-28(24-51(32)37(53)33(26)47-39(55)60-40(3,4)42(6,44)45)59-36-30-13-14-31-34(29(30)15-18-46-36)58-20-19-50(31)7/h10,12-15,18,25-28,32-33H,8-9,11,16-17,19-24H2,1-7H3,(H,47,55)(H,48,52)(H,49,54)/b12-10-/t25-,26+,27+,28+,32-,33-,43+/m0/s1. The fraction of sp³-hybridized carbons (Fsp3) is 0.651. The summed E-state index contributed by atoms with van der Waals surface area (Å²) < 4.78 is 74.6. The minimum absolute atomic E-state index is 0.0260. The number of carbonyl (C=O) groups excluding carboxylic acids is 4. The quantitative estimate of drug-likeness (QED) is 0.281. The van der Waals surface area contributed by atoms with E-state index < -0.39 is 85.7 Å². The summed E-state index contributed by atoms with van der Waals surface area (Å²) in [5, 5.41) is 6.88. The number of pyridine rings is 1. The van der Waals surface area contributed by atoms with E-state index in [0.29, 0.717) is 69.7 Å². The SMILES string of the molecule is CC[C@@H]1C[C@@H](C)CC/C=C\[C@@H]2C[C@@]2(C(=O)NS(=O)(=O)C2(C)CC2)NC(=O)[C@@H]2C[C@@H](Oc3nccc4c5c(ccc34)N(C)CCO5)CN2C(=O)[C@H]1NC(=O)OC(C)(C)C(C)(F)F. The number of benzene rings is 1. The van der Waals surface area contributed by atoms with Crippen molar-refractivity contribution < 1.29 is 50.6 Å². The third kappa shape index (κ3) is 8.70. The van der Waals surface area contributed by atoms with Gasteiger partial charge in [0, 0.05) is 43.3 Å². The maximum atomic E-state index is 15.1. The number of allylic oxidation sites excluding steroid dienone is 1. The minimum Gasteiger partial charge on any atom is -0.489 e. The lowest BCUT2D eigenvalue weighted by molar-refractivity contribution is -0.152. The predicted molar refractivity (Wildman–Crippen MR) is 223 cm³/mol. The summed E-state index contributed by atoms with van der Waals surface area (Å²) in [5.41, 5.74) is -2.93. The lowest BCUT2D eigenvalue weighted by Gasteiger charge is -2.35. The molecule has 3 aliphatic heterocycles. The third-order valence-electron chi connectivity index (χ3n) is 13.5. The van der Waals surface area contributed by atoms with Gasteiger partial charge in [-0.2, -0.15) is 0 Å². The lowest BCUT2D eigenvalue weighted by Crippen LogP contribution is -2.60. The second kappa shape index (κ2) is 16.2. The molecule has 61 heavy (non-hydrogen) atoms. The van der Waals surface area contributed by atoms with Crippen molar-refractivity contribution in [1.82, 2.24) is 25.2 Å². The van der Waals surface area contributed by atoms with Gasteiger partial charge in [0.1, 0.15) is 30.3 Å². The number of carbonyl (C=O) groups is 4. The highest BCUT2D eigenvalue weighted by atomic mass is 32.2. The van der Waals surface area contributed by atoms with E-state index in [1.165, 1.54) is 4.90 Å². The molecule has 3 fully saturated rings. The molecule has 15 nitrogen and oxygen atoms in total. The van der Waals surface area contributed by atoms with Gasteiger partial charge >= 0.3 is 6.09 Å². The number of halogens is 2. The number of ether oxygens (including phenoxy) is 3. The molecule has 18 heteroatoms. The second-order valence-corrected chi connectivity index (χ2v) is 20.7. The summed E-state index contributed by atoms with van der Waals surface area (Å²) in [7, 11) is -2.09. The average molecular weight is 873 g/mol. The molecule has 1 saturated heterocycles. The predicted octanol–water partition coefficient (Wildman–Crippen LogP) is 5.22. The van der Waals surface area contributed by atoms with Crippen LogP contribution in [0.5, 0.6) is 11.6 Å². The largest absolute Gasteiger partial charge is 0.489 e. The Hall–Kier alpha value is -4.74. The van der Waals surface area contributed by atoms with Gasteiger partial charge in [-0.1, -0.05) is 32.4 Å². The Labute approximate surface area is 355 Å². The van der Waals surface area contributed by atoms with Crippen molar-refractivity contribution in [3.63, 3.8) is 0 Å². The molecule has 0 spiro atoms. The van der Waals surface area contributed by atoms with Crippen LogP contribution < -0.4 is 29.7 Å². The zero-order valence-electron chi connectivity index (χ0n) is 35.9. The van der Waals surface area contributed by atoms with E-state index in [0.717, 1.165) is 24.9 Å². The first-order valence-electron chi connectivity index (χ1n) is 21.3. The highest BCUT2D eigenvalue weighted by Gasteiger charge is 2.63. The second-order valence-electron chi connectivity index (χ2n) is 18.5. The van der Waals surface area contributed by atoms with Crippen LogP contribution in [0.1, 0.15) is 92.9 Å². The Bertz CT molecular complexity index is 2210. The van der Waals surface area contributed by atoms with E-state index in [9.17, 15) is 31.6 Å². The van der Waals surface area contributed by atoms with Crippen LogP contribution in [-0.4, -0.2) is 109 Å². The average Bonchev–Trinajstić information content (AvgIpc) is 4.07.